The van der Waals surface area contributed by atoms with Crippen LogP contribution in [-0.4, -0.2) is 36.9 Å². The maximum Gasteiger partial charge on any atom is 0.270 e. The molecule has 3 rings (SSSR count). The van der Waals surface area contributed by atoms with Gasteiger partial charge in [0.05, 0.1) is 17.7 Å². The second-order valence-electron chi connectivity index (χ2n) is 5.10. The molecule has 1 N–H and O–H groups in total. The van der Waals surface area contributed by atoms with Gasteiger partial charge in [-0.15, -0.1) is 11.3 Å². The van der Waals surface area contributed by atoms with Gasteiger partial charge in [0, 0.05) is 18.3 Å². The van der Waals surface area contributed by atoms with Crippen LogP contribution in [0.2, 0.25) is 0 Å². The van der Waals surface area contributed by atoms with Gasteiger partial charge in [-0.05, 0) is 12.0 Å². The molecule has 0 bridgehead atoms. The van der Waals surface area contributed by atoms with Gasteiger partial charge in [-0.3, -0.25) is 4.79 Å². The number of hydrogen-bond donors (Lipinski definition) is 1. The molecule has 1 fully saturated rings. The topological polar surface area (TPSA) is 60.5 Å². The summed E-state index contributed by atoms with van der Waals surface area (Å²) in [5, 5.41) is 5.62. The van der Waals surface area contributed by atoms with Crippen LogP contribution in [0.15, 0.2) is 35.7 Å². The number of carbonyl (C=O) groups is 1. The lowest BCUT2D eigenvalue weighted by Crippen LogP contribution is -2.37. The van der Waals surface area contributed by atoms with Crippen LogP contribution in [0.5, 0.6) is 0 Å². The van der Waals surface area contributed by atoms with E-state index in [0.717, 1.165) is 17.8 Å². The lowest BCUT2D eigenvalue weighted by Gasteiger charge is -2.22. The van der Waals surface area contributed by atoms with Crippen molar-refractivity contribution < 1.29 is 14.3 Å². The van der Waals surface area contributed by atoms with Crippen molar-refractivity contribution in [3.8, 4) is 0 Å². The normalized spacial score (nSPS) is 18.1. The standard InChI is InChI=1S/C16H18N2O3S/c19-16(17-9-13-6-7-20-11-21-13)14-10-22-15(18-14)8-12-4-2-1-3-5-12/h1-5,10,13H,6-9,11H2,(H,17,19)/t13-/m0/s1. The molecule has 2 heterocycles. The Labute approximate surface area is 133 Å². The van der Waals surface area contributed by atoms with Crippen molar-refractivity contribution in [2.24, 2.45) is 0 Å². The molecule has 5 nitrogen and oxygen atoms in total. The van der Waals surface area contributed by atoms with Crippen LogP contribution in [0.1, 0.15) is 27.5 Å². The third kappa shape index (κ3) is 4.13. The highest BCUT2D eigenvalue weighted by molar-refractivity contribution is 7.09. The van der Waals surface area contributed by atoms with E-state index in [0.29, 0.717) is 25.6 Å². The van der Waals surface area contributed by atoms with Crippen molar-refractivity contribution in [1.29, 1.82) is 0 Å². The molecule has 1 aromatic heterocycles. The van der Waals surface area contributed by atoms with Crippen molar-refractivity contribution in [3.63, 3.8) is 0 Å². The largest absolute Gasteiger partial charge is 0.355 e. The van der Waals surface area contributed by atoms with E-state index in [1.807, 2.05) is 18.2 Å². The third-order valence-corrected chi connectivity index (χ3v) is 4.29. The first-order chi connectivity index (χ1) is 10.8. The first kappa shape index (κ1) is 15.1. The van der Waals surface area contributed by atoms with E-state index in [2.05, 4.69) is 22.4 Å². The smallest absolute Gasteiger partial charge is 0.270 e. The molecule has 0 radical (unpaired) electrons. The summed E-state index contributed by atoms with van der Waals surface area (Å²) < 4.78 is 10.5. The first-order valence-corrected chi connectivity index (χ1v) is 8.15. The summed E-state index contributed by atoms with van der Waals surface area (Å²) in [5.74, 6) is -0.148. The van der Waals surface area contributed by atoms with E-state index < -0.39 is 0 Å². The van der Waals surface area contributed by atoms with Gasteiger partial charge in [0.1, 0.15) is 12.5 Å². The fraction of sp³-hybridized carbons (Fsp3) is 0.375. The van der Waals surface area contributed by atoms with Gasteiger partial charge in [-0.1, -0.05) is 30.3 Å². The zero-order valence-electron chi connectivity index (χ0n) is 12.2. The SMILES string of the molecule is O=C(NC[C@@H]1CCOCO1)c1csc(Cc2ccccc2)n1. The molecule has 0 saturated carbocycles. The Balaban J connectivity index is 1.52. The van der Waals surface area contributed by atoms with Crippen LogP contribution in [0.3, 0.4) is 0 Å². The molecular weight excluding hydrogens is 300 g/mol. The molecule has 0 spiro atoms. The molecule has 1 aliphatic heterocycles. The summed E-state index contributed by atoms with van der Waals surface area (Å²) in [5.41, 5.74) is 1.67. The molecule has 0 unspecified atom stereocenters. The predicted octanol–water partition coefficient (Wildman–Crippen LogP) is 2.23. The Kier molecular flexibility index (Phi) is 5.15. The van der Waals surface area contributed by atoms with Crippen LogP contribution in [0.25, 0.3) is 0 Å². The second kappa shape index (κ2) is 7.49. The van der Waals surface area contributed by atoms with E-state index in [9.17, 15) is 4.79 Å². The van der Waals surface area contributed by atoms with E-state index in [1.165, 1.54) is 16.9 Å². The van der Waals surface area contributed by atoms with Gasteiger partial charge >= 0.3 is 0 Å². The molecule has 1 amide bonds. The van der Waals surface area contributed by atoms with Crippen LogP contribution in [0, 0.1) is 0 Å². The zero-order valence-corrected chi connectivity index (χ0v) is 13.0. The van der Waals surface area contributed by atoms with Gasteiger partial charge in [-0.2, -0.15) is 0 Å². The predicted molar refractivity (Wildman–Crippen MR) is 84.0 cm³/mol. The molecular formula is C16H18N2O3S. The summed E-state index contributed by atoms with van der Waals surface area (Å²) in [7, 11) is 0. The number of nitrogens with one attached hydrogen (secondary N) is 1. The number of aromatic nitrogens is 1. The Morgan fingerprint density at radius 2 is 2.23 bits per heavy atom. The van der Waals surface area contributed by atoms with Crippen molar-refractivity contribution >= 4 is 17.2 Å². The van der Waals surface area contributed by atoms with Gasteiger partial charge < -0.3 is 14.8 Å². The first-order valence-electron chi connectivity index (χ1n) is 7.27. The minimum atomic E-state index is -0.148. The van der Waals surface area contributed by atoms with Gasteiger partial charge in [0.15, 0.2) is 0 Å². The summed E-state index contributed by atoms with van der Waals surface area (Å²) >= 11 is 1.51. The highest BCUT2D eigenvalue weighted by Crippen LogP contribution is 2.15. The summed E-state index contributed by atoms with van der Waals surface area (Å²) in [6.07, 6.45) is 1.58. The summed E-state index contributed by atoms with van der Waals surface area (Å²) in [6.45, 7) is 1.48. The van der Waals surface area contributed by atoms with Crippen LogP contribution < -0.4 is 5.32 Å². The number of benzene rings is 1. The molecule has 1 aliphatic rings. The van der Waals surface area contributed by atoms with Crippen LogP contribution in [0.4, 0.5) is 0 Å². The molecule has 22 heavy (non-hydrogen) atoms. The quantitative estimate of drug-likeness (QED) is 0.918. The molecule has 1 aromatic carbocycles. The minimum Gasteiger partial charge on any atom is -0.355 e. The number of carbonyl (C=O) groups excluding carboxylic acids is 1. The maximum atomic E-state index is 12.1. The fourth-order valence-corrected chi connectivity index (χ4v) is 3.03. The van der Waals surface area contributed by atoms with Crippen LogP contribution in [-0.2, 0) is 15.9 Å². The third-order valence-electron chi connectivity index (χ3n) is 3.44. The molecule has 1 atom stereocenters. The van der Waals surface area contributed by atoms with Gasteiger partial charge in [-0.25, -0.2) is 4.98 Å². The van der Waals surface area contributed by atoms with Crippen LogP contribution >= 0.6 is 11.3 Å². The lowest BCUT2D eigenvalue weighted by molar-refractivity contribution is -0.136. The van der Waals surface area contributed by atoms with E-state index in [4.69, 9.17) is 9.47 Å². The minimum absolute atomic E-state index is 0.0279. The Hall–Kier alpha value is -1.76. The van der Waals surface area contributed by atoms with Gasteiger partial charge in [0.2, 0.25) is 0 Å². The number of amides is 1. The highest BCUT2D eigenvalue weighted by Gasteiger charge is 2.17. The fourth-order valence-electron chi connectivity index (χ4n) is 2.23. The number of nitrogens with zero attached hydrogens (tertiary/aromatic N) is 1. The monoisotopic (exact) mass is 318 g/mol. The average Bonchev–Trinajstić information content (AvgIpc) is 3.03. The summed E-state index contributed by atoms with van der Waals surface area (Å²) in [6, 6.07) is 10.1. The van der Waals surface area contributed by atoms with Crippen molar-refractivity contribution in [1.82, 2.24) is 10.3 Å². The number of hydrogen-bond acceptors (Lipinski definition) is 5. The van der Waals surface area contributed by atoms with E-state index in [-0.39, 0.29) is 12.0 Å². The molecule has 0 aliphatic carbocycles. The van der Waals surface area contributed by atoms with Crippen molar-refractivity contribution in [2.75, 3.05) is 19.9 Å². The van der Waals surface area contributed by atoms with E-state index in [1.54, 1.807) is 5.38 Å². The Morgan fingerprint density at radius 1 is 1.36 bits per heavy atom. The van der Waals surface area contributed by atoms with E-state index >= 15 is 0 Å². The number of thiazole rings is 1. The maximum absolute atomic E-state index is 12.1. The summed E-state index contributed by atoms with van der Waals surface area (Å²) in [4.78, 5) is 16.5. The van der Waals surface area contributed by atoms with Crippen molar-refractivity contribution in [3.05, 3.63) is 52.0 Å². The second-order valence-corrected chi connectivity index (χ2v) is 6.04. The Bertz CT molecular complexity index is 609. The molecule has 116 valence electrons. The number of ether oxygens (including phenoxy) is 2. The Morgan fingerprint density at radius 3 is 3.00 bits per heavy atom. The highest BCUT2D eigenvalue weighted by atomic mass is 32.1. The molecule has 2 aromatic rings. The molecule has 6 heteroatoms. The molecule has 1 saturated heterocycles. The zero-order chi connectivity index (χ0) is 15.2. The van der Waals surface area contributed by atoms with Gasteiger partial charge in [0.25, 0.3) is 5.91 Å². The lowest BCUT2D eigenvalue weighted by atomic mass is 10.2. The number of rotatable bonds is 5. The van der Waals surface area contributed by atoms with Crippen molar-refractivity contribution in [2.45, 2.75) is 18.9 Å². The average molecular weight is 318 g/mol.